The molecule has 0 bridgehead atoms. The lowest BCUT2D eigenvalue weighted by Gasteiger charge is -2.17. The number of hydrogen-bond acceptors (Lipinski definition) is 1. The second kappa shape index (κ2) is 13.3. The van der Waals surface area contributed by atoms with Crippen LogP contribution in [0, 0.1) is 0 Å². The number of hydrogen-bond donors (Lipinski definition) is 1. The fourth-order valence-electron chi connectivity index (χ4n) is 3.58. The first-order valence-electron chi connectivity index (χ1n) is 10.6. The first-order valence-corrected chi connectivity index (χ1v) is 10.6. The van der Waals surface area contributed by atoms with E-state index >= 15 is 0 Å². The quantitative estimate of drug-likeness (QED) is 0.352. The molecule has 1 N–H and O–H groups in total. The Morgan fingerprint density at radius 2 is 1.08 bits per heavy atom. The monoisotopic (exact) mass is 332 g/mol. The van der Waals surface area contributed by atoms with Crippen LogP contribution in [0.1, 0.15) is 108 Å². The van der Waals surface area contributed by atoms with Crippen LogP contribution in [0.4, 0.5) is 0 Å². The van der Waals surface area contributed by atoms with Gasteiger partial charge in [-0.1, -0.05) is 78.2 Å². The molecule has 1 rings (SSSR count). The van der Waals surface area contributed by atoms with Crippen LogP contribution in [0.15, 0.2) is 12.1 Å². The van der Waals surface area contributed by atoms with Crippen LogP contribution in [0.5, 0.6) is 5.75 Å². The molecule has 0 aliphatic carbocycles. The lowest BCUT2D eigenvalue weighted by Crippen LogP contribution is -2.02. The summed E-state index contributed by atoms with van der Waals surface area (Å²) in [4.78, 5) is 0. The van der Waals surface area contributed by atoms with E-state index in [0.717, 1.165) is 12.8 Å². The average Bonchev–Trinajstić information content (AvgIpc) is 2.58. The number of phenols is 1. The summed E-state index contributed by atoms with van der Waals surface area (Å²) >= 11 is 0. The van der Waals surface area contributed by atoms with Crippen molar-refractivity contribution in [3.63, 3.8) is 0 Å². The van der Waals surface area contributed by atoms with Crippen LogP contribution in [0.25, 0.3) is 0 Å². The lowest BCUT2D eigenvalue weighted by atomic mass is 9.89. The molecule has 0 radical (unpaired) electrons. The maximum Gasteiger partial charge on any atom is 0.119 e. The van der Waals surface area contributed by atoms with E-state index in [1.54, 1.807) is 0 Å². The molecule has 0 heterocycles. The van der Waals surface area contributed by atoms with Crippen molar-refractivity contribution >= 4 is 0 Å². The predicted molar refractivity (Wildman–Crippen MR) is 107 cm³/mol. The molecule has 0 aromatic heterocycles. The Balaban J connectivity index is 2.80. The molecule has 138 valence electrons. The molecule has 1 aromatic carbocycles. The molecule has 0 spiro atoms. The smallest absolute Gasteiger partial charge is 0.119 e. The molecule has 1 nitrogen and oxygen atoms in total. The molecule has 0 atom stereocenters. The van der Waals surface area contributed by atoms with Gasteiger partial charge in [-0.15, -0.1) is 0 Å². The molecule has 0 amide bonds. The summed E-state index contributed by atoms with van der Waals surface area (Å²) in [5, 5.41) is 10.4. The fraction of sp³-hybridized carbons (Fsp3) is 0.739. The van der Waals surface area contributed by atoms with E-state index in [2.05, 4.69) is 26.8 Å². The normalized spacial score (nSPS) is 11.1. The number of aromatic hydroxyl groups is 1. The third kappa shape index (κ3) is 7.73. The van der Waals surface area contributed by atoms with Gasteiger partial charge in [0.25, 0.3) is 0 Å². The molecule has 0 unspecified atom stereocenters. The minimum absolute atomic E-state index is 0.538. The molecule has 0 saturated carbocycles. The third-order valence-corrected chi connectivity index (χ3v) is 5.11. The number of phenolic OH excluding ortho intramolecular Hbond substituents is 1. The third-order valence-electron chi connectivity index (χ3n) is 5.11. The lowest BCUT2D eigenvalue weighted by molar-refractivity contribution is 0.463. The van der Waals surface area contributed by atoms with E-state index < -0.39 is 0 Å². The first kappa shape index (κ1) is 21.1. The summed E-state index contributed by atoms with van der Waals surface area (Å²) in [7, 11) is 0. The standard InChI is InChI=1S/C23H40O/c1-4-7-10-11-14-17-22-21(16-13-9-6-3)20(15-12-8-5-2)18-19-23(22)24/h18-19,24H,4-17H2,1-3H3. The molecule has 0 saturated heterocycles. The molecule has 0 aliphatic heterocycles. The summed E-state index contributed by atoms with van der Waals surface area (Å²) in [6, 6.07) is 4.14. The van der Waals surface area contributed by atoms with E-state index in [9.17, 15) is 5.11 Å². The van der Waals surface area contributed by atoms with Crippen molar-refractivity contribution in [2.45, 2.75) is 111 Å². The van der Waals surface area contributed by atoms with Gasteiger partial charge >= 0.3 is 0 Å². The molecule has 24 heavy (non-hydrogen) atoms. The van der Waals surface area contributed by atoms with Crippen LogP contribution < -0.4 is 0 Å². The second-order valence-electron chi connectivity index (χ2n) is 7.28. The van der Waals surface area contributed by atoms with E-state index in [0.29, 0.717) is 5.75 Å². The molecule has 0 fully saturated rings. The van der Waals surface area contributed by atoms with Crippen LogP contribution in [-0.2, 0) is 19.3 Å². The summed E-state index contributed by atoms with van der Waals surface area (Å²) < 4.78 is 0. The minimum atomic E-state index is 0.538. The van der Waals surface area contributed by atoms with Crippen LogP contribution in [0.2, 0.25) is 0 Å². The Kier molecular flexibility index (Phi) is 11.7. The van der Waals surface area contributed by atoms with Gasteiger partial charge in [0.2, 0.25) is 0 Å². The Morgan fingerprint density at radius 3 is 1.75 bits per heavy atom. The van der Waals surface area contributed by atoms with Gasteiger partial charge in [-0.05, 0) is 61.3 Å². The zero-order chi connectivity index (χ0) is 17.6. The van der Waals surface area contributed by atoms with Gasteiger partial charge in [0.15, 0.2) is 0 Å². The number of benzene rings is 1. The van der Waals surface area contributed by atoms with Gasteiger partial charge in [0.1, 0.15) is 5.75 Å². The average molecular weight is 333 g/mol. The highest BCUT2D eigenvalue weighted by molar-refractivity contribution is 5.45. The molecular weight excluding hydrogens is 292 g/mol. The number of rotatable bonds is 14. The highest BCUT2D eigenvalue weighted by atomic mass is 16.3. The van der Waals surface area contributed by atoms with E-state index in [1.807, 2.05) is 6.07 Å². The Hall–Kier alpha value is -0.980. The van der Waals surface area contributed by atoms with Crippen LogP contribution in [0.3, 0.4) is 0 Å². The van der Waals surface area contributed by atoms with Crippen molar-refractivity contribution in [1.82, 2.24) is 0 Å². The van der Waals surface area contributed by atoms with Gasteiger partial charge < -0.3 is 5.11 Å². The van der Waals surface area contributed by atoms with Crippen LogP contribution >= 0.6 is 0 Å². The summed E-state index contributed by atoms with van der Waals surface area (Å²) in [5.74, 6) is 0.538. The minimum Gasteiger partial charge on any atom is -0.508 e. The van der Waals surface area contributed by atoms with Crippen molar-refractivity contribution in [3.05, 3.63) is 28.8 Å². The fourth-order valence-corrected chi connectivity index (χ4v) is 3.58. The van der Waals surface area contributed by atoms with Gasteiger partial charge in [0, 0.05) is 0 Å². The summed E-state index contributed by atoms with van der Waals surface area (Å²) in [5.41, 5.74) is 4.24. The van der Waals surface area contributed by atoms with E-state index in [-0.39, 0.29) is 0 Å². The van der Waals surface area contributed by atoms with Crippen molar-refractivity contribution in [3.8, 4) is 5.75 Å². The number of unbranched alkanes of at least 4 members (excludes halogenated alkanes) is 8. The topological polar surface area (TPSA) is 20.2 Å². The molecule has 1 heteroatoms. The first-order chi connectivity index (χ1) is 11.7. The maximum atomic E-state index is 10.4. The van der Waals surface area contributed by atoms with Crippen molar-refractivity contribution in [1.29, 1.82) is 0 Å². The van der Waals surface area contributed by atoms with Gasteiger partial charge in [-0.2, -0.15) is 0 Å². The SMILES string of the molecule is CCCCCCCc1c(O)ccc(CCCCC)c1CCCCC. The zero-order valence-electron chi connectivity index (χ0n) is 16.5. The van der Waals surface area contributed by atoms with E-state index in [1.165, 1.54) is 93.7 Å². The molecule has 0 aliphatic rings. The molecule has 1 aromatic rings. The largest absolute Gasteiger partial charge is 0.508 e. The maximum absolute atomic E-state index is 10.4. The summed E-state index contributed by atoms with van der Waals surface area (Å²) in [6.07, 6.45) is 17.5. The second-order valence-corrected chi connectivity index (χ2v) is 7.28. The highest BCUT2D eigenvalue weighted by Crippen LogP contribution is 2.29. The zero-order valence-corrected chi connectivity index (χ0v) is 16.5. The van der Waals surface area contributed by atoms with Crippen molar-refractivity contribution < 1.29 is 5.11 Å². The van der Waals surface area contributed by atoms with Gasteiger partial charge in [0.05, 0.1) is 0 Å². The highest BCUT2D eigenvalue weighted by Gasteiger charge is 2.12. The molecular formula is C23H40O. The van der Waals surface area contributed by atoms with Crippen LogP contribution in [-0.4, -0.2) is 5.11 Å². The Morgan fingerprint density at radius 1 is 0.583 bits per heavy atom. The number of aryl methyl sites for hydroxylation is 1. The van der Waals surface area contributed by atoms with Crippen molar-refractivity contribution in [2.75, 3.05) is 0 Å². The summed E-state index contributed by atoms with van der Waals surface area (Å²) in [6.45, 7) is 6.79. The Bertz CT molecular complexity index is 436. The van der Waals surface area contributed by atoms with E-state index in [4.69, 9.17) is 0 Å². The predicted octanol–water partition coefficient (Wildman–Crippen LogP) is 7.37. The van der Waals surface area contributed by atoms with Gasteiger partial charge in [-0.3, -0.25) is 0 Å². The van der Waals surface area contributed by atoms with Crippen molar-refractivity contribution in [2.24, 2.45) is 0 Å². The van der Waals surface area contributed by atoms with Gasteiger partial charge in [-0.25, -0.2) is 0 Å². The Labute approximate surface area is 150 Å².